The Morgan fingerprint density at radius 1 is 1.30 bits per heavy atom. The van der Waals surface area contributed by atoms with Crippen LogP contribution in [-0.4, -0.2) is 9.55 Å². The largest absolute Gasteiger partial charge is 0.330 e. The van der Waals surface area contributed by atoms with Gasteiger partial charge in [-0.15, -0.1) is 0 Å². The normalized spacial score (nSPS) is 11.2. The zero-order valence-corrected chi connectivity index (χ0v) is 13.5. The Morgan fingerprint density at radius 3 is 2.75 bits per heavy atom. The highest BCUT2D eigenvalue weighted by Crippen LogP contribution is 2.29. The lowest BCUT2D eigenvalue weighted by molar-refractivity contribution is 0.620. The van der Waals surface area contributed by atoms with E-state index in [1.165, 1.54) is 6.07 Å². The van der Waals surface area contributed by atoms with Crippen molar-refractivity contribution < 1.29 is 4.39 Å². The van der Waals surface area contributed by atoms with E-state index in [9.17, 15) is 4.39 Å². The van der Waals surface area contributed by atoms with Gasteiger partial charge in [-0.05, 0) is 55.0 Å². The van der Waals surface area contributed by atoms with E-state index in [0.717, 1.165) is 15.7 Å². The number of nitrogens with zero attached hydrogens (tertiary/aromatic N) is 1. The number of imidazole rings is 1. The average Bonchev–Trinajstić information content (AvgIpc) is 2.66. The van der Waals surface area contributed by atoms with Gasteiger partial charge in [-0.25, -0.2) is 4.39 Å². The first-order valence-corrected chi connectivity index (χ1v) is 7.41. The second kappa shape index (κ2) is 4.98. The number of benzene rings is 2. The molecule has 3 aromatic rings. The molecule has 1 N–H and O–H groups in total. The molecule has 102 valence electrons. The maximum Gasteiger partial charge on any atom is 0.182 e. The Hall–Kier alpha value is -1.17. The molecule has 0 aliphatic heterocycles. The van der Waals surface area contributed by atoms with Crippen LogP contribution in [0.5, 0.6) is 0 Å². The minimum absolute atomic E-state index is 0.261. The summed E-state index contributed by atoms with van der Waals surface area (Å²) in [6.07, 6.45) is 0. The average molecular weight is 372 g/mol. The van der Waals surface area contributed by atoms with E-state index in [2.05, 4.69) is 20.9 Å². The van der Waals surface area contributed by atoms with E-state index in [-0.39, 0.29) is 5.82 Å². The van der Waals surface area contributed by atoms with Crippen molar-refractivity contribution in [3.63, 3.8) is 0 Å². The molecule has 0 aliphatic carbocycles. The predicted molar refractivity (Wildman–Crippen MR) is 85.9 cm³/mol. The third-order valence-electron chi connectivity index (χ3n) is 3.11. The monoisotopic (exact) mass is 370 g/mol. The second-order valence-corrected chi connectivity index (χ2v) is 6.19. The summed E-state index contributed by atoms with van der Waals surface area (Å²) in [4.78, 5) is 3.00. The molecule has 0 fully saturated rings. The molecule has 0 atom stereocenters. The molecule has 0 saturated carbocycles. The van der Waals surface area contributed by atoms with Crippen LogP contribution in [0.4, 0.5) is 4.39 Å². The van der Waals surface area contributed by atoms with Crippen LogP contribution in [0.15, 0.2) is 34.8 Å². The number of aromatic amines is 1. The van der Waals surface area contributed by atoms with Crippen LogP contribution in [0.1, 0.15) is 5.56 Å². The molecule has 0 unspecified atom stereocenters. The first-order valence-electron chi connectivity index (χ1n) is 5.83. The molecule has 0 bridgehead atoms. The van der Waals surface area contributed by atoms with Crippen LogP contribution >= 0.6 is 39.7 Å². The van der Waals surface area contributed by atoms with Gasteiger partial charge >= 0.3 is 0 Å². The molecule has 6 heteroatoms. The standard InChI is InChI=1S/C14H9BrClFN2S/c1-7-4-13-11(6-10(7)17)18-14(20)19(13)12-3-2-8(15)5-9(12)16/h2-6H,1H3,(H,18,20). The first-order chi connectivity index (χ1) is 9.47. The highest BCUT2D eigenvalue weighted by atomic mass is 79.9. The fourth-order valence-corrected chi connectivity index (χ4v) is 3.20. The Labute approximate surface area is 133 Å². The molecule has 1 heterocycles. The predicted octanol–water partition coefficient (Wildman–Crippen LogP) is 5.55. The van der Waals surface area contributed by atoms with Crippen molar-refractivity contribution in [3.05, 3.63) is 56.0 Å². The van der Waals surface area contributed by atoms with Crippen molar-refractivity contribution in [1.29, 1.82) is 0 Å². The summed E-state index contributed by atoms with van der Waals surface area (Å²) in [5, 5.41) is 0.568. The molecule has 0 amide bonds. The molecule has 2 aromatic carbocycles. The molecule has 3 rings (SSSR count). The fraction of sp³-hybridized carbons (Fsp3) is 0.0714. The van der Waals surface area contributed by atoms with E-state index in [0.29, 0.717) is 20.9 Å². The SMILES string of the molecule is Cc1cc2c(cc1F)[nH]c(=S)n2-c1ccc(Br)cc1Cl. The van der Waals surface area contributed by atoms with Gasteiger partial charge in [-0.3, -0.25) is 4.57 Å². The molecule has 0 aliphatic rings. The summed E-state index contributed by atoms with van der Waals surface area (Å²) in [6.45, 7) is 1.72. The summed E-state index contributed by atoms with van der Waals surface area (Å²) >= 11 is 15.0. The Kier molecular flexibility index (Phi) is 3.44. The minimum Gasteiger partial charge on any atom is -0.330 e. The number of hydrogen-bond donors (Lipinski definition) is 1. The lowest BCUT2D eigenvalue weighted by atomic mass is 10.2. The number of rotatable bonds is 1. The number of aromatic nitrogens is 2. The van der Waals surface area contributed by atoms with Crippen LogP contribution in [-0.2, 0) is 0 Å². The molecule has 2 nitrogen and oxygen atoms in total. The summed E-state index contributed by atoms with van der Waals surface area (Å²) < 4.78 is 16.8. The van der Waals surface area contributed by atoms with Gasteiger partial charge in [-0.2, -0.15) is 0 Å². The number of hydrogen-bond acceptors (Lipinski definition) is 1. The first kappa shape index (κ1) is 13.8. The highest BCUT2D eigenvalue weighted by Gasteiger charge is 2.12. The zero-order chi connectivity index (χ0) is 14.4. The van der Waals surface area contributed by atoms with Gasteiger partial charge in [0.1, 0.15) is 5.82 Å². The topological polar surface area (TPSA) is 20.7 Å². The smallest absolute Gasteiger partial charge is 0.182 e. The lowest BCUT2D eigenvalue weighted by Gasteiger charge is -2.08. The summed E-state index contributed by atoms with van der Waals surface area (Å²) in [5.41, 5.74) is 2.78. The van der Waals surface area contributed by atoms with Gasteiger partial charge in [0.2, 0.25) is 0 Å². The van der Waals surface area contributed by atoms with Crippen molar-refractivity contribution >= 4 is 50.8 Å². The second-order valence-electron chi connectivity index (χ2n) is 4.48. The highest BCUT2D eigenvalue weighted by molar-refractivity contribution is 9.10. The molecular formula is C14H9BrClFN2S. The number of aryl methyl sites for hydroxylation is 1. The van der Waals surface area contributed by atoms with E-state index in [1.54, 1.807) is 19.1 Å². The van der Waals surface area contributed by atoms with Gasteiger partial charge in [0.15, 0.2) is 4.77 Å². The Morgan fingerprint density at radius 2 is 2.05 bits per heavy atom. The van der Waals surface area contributed by atoms with Gasteiger partial charge in [0.25, 0.3) is 0 Å². The summed E-state index contributed by atoms with van der Waals surface area (Å²) in [7, 11) is 0. The minimum atomic E-state index is -0.261. The van der Waals surface area contributed by atoms with Gasteiger partial charge in [-0.1, -0.05) is 27.5 Å². The number of H-pyrrole nitrogens is 1. The van der Waals surface area contributed by atoms with E-state index < -0.39 is 0 Å². The summed E-state index contributed by atoms with van der Waals surface area (Å²) in [5.74, 6) is -0.261. The quantitative estimate of drug-likeness (QED) is 0.556. The van der Waals surface area contributed by atoms with Crippen LogP contribution in [0, 0.1) is 17.5 Å². The summed E-state index contributed by atoms with van der Waals surface area (Å²) in [6, 6.07) is 8.76. The van der Waals surface area contributed by atoms with Crippen LogP contribution in [0.25, 0.3) is 16.7 Å². The molecule has 0 spiro atoms. The zero-order valence-electron chi connectivity index (χ0n) is 10.4. The molecule has 0 saturated heterocycles. The van der Waals surface area contributed by atoms with Gasteiger partial charge < -0.3 is 4.98 Å². The van der Waals surface area contributed by atoms with Crippen molar-refractivity contribution in [2.24, 2.45) is 0 Å². The van der Waals surface area contributed by atoms with Crippen LogP contribution < -0.4 is 0 Å². The molecule has 20 heavy (non-hydrogen) atoms. The molecule has 1 aromatic heterocycles. The Bertz CT molecular complexity index is 885. The van der Waals surface area contributed by atoms with Crippen molar-refractivity contribution in [1.82, 2.24) is 9.55 Å². The maximum atomic E-state index is 13.6. The number of nitrogens with one attached hydrogen (secondary N) is 1. The Balaban J connectivity index is 2.39. The van der Waals surface area contributed by atoms with Crippen molar-refractivity contribution in [2.45, 2.75) is 6.92 Å². The van der Waals surface area contributed by atoms with E-state index in [4.69, 9.17) is 23.8 Å². The third kappa shape index (κ3) is 2.20. The van der Waals surface area contributed by atoms with Crippen molar-refractivity contribution in [3.8, 4) is 5.69 Å². The number of halogens is 3. The van der Waals surface area contributed by atoms with E-state index >= 15 is 0 Å². The van der Waals surface area contributed by atoms with Crippen molar-refractivity contribution in [2.75, 3.05) is 0 Å². The van der Waals surface area contributed by atoms with Gasteiger partial charge in [0, 0.05) is 4.47 Å². The number of fused-ring (bicyclic) bond motifs is 1. The molecule has 0 radical (unpaired) electrons. The molecular weight excluding hydrogens is 363 g/mol. The maximum absolute atomic E-state index is 13.6. The lowest BCUT2D eigenvalue weighted by Crippen LogP contribution is -1.95. The van der Waals surface area contributed by atoms with Gasteiger partial charge in [0.05, 0.1) is 21.7 Å². The van der Waals surface area contributed by atoms with Crippen LogP contribution in [0.3, 0.4) is 0 Å². The van der Waals surface area contributed by atoms with E-state index in [1.807, 2.05) is 16.7 Å². The van der Waals surface area contributed by atoms with Crippen LogP contribution in [0.2, 0.25) is 5.02 Å². The fourth-order valence-electron chi connectivity index (χ4n) is 2.13. The third-order valence-corrected chi connectivity index (χ3v) is 4.19.